The Morgan fingerprint density at radius 3 is 1.73 bits per heavy atom. The van der Waals surface area contributed by atoms with Crippen molar-refractivity contribution < 1.29 is 23.4 Å². The predicted molar refractivity (Wildman–Crippen MR) is 85.5 cm³/mol. The fraction of sp³-hybridized carbons (Fsp3) is 0.706. The highest BCUT2D eigenvalue weighted by Gasteiger charge is 2.12. The van der Waals surface area contributed by atoms with E-state index in [1.165, 1.54) is 12.2 Å². The number of carbonyl (C=O) groups is 1. The maximum atomic E-state index is 12.8. The van der Waals surface area contributed by atoms with Crippen molar-refractivity contribution in [1.82, 2.24) is 0 Å². The normalized spacial score (nSPS) is 15.3. The third-order valence-electron chi connectivity index (χ3n) is 3.49. The van der Waals surface area contributed by atoms with E-state index in [2.05, 4.69) is 4.74 Å². The van der Waals surface area contributed by atoms with Gasteiger partial charge in [-0.05, 0) is 35.8 Å². The van der Waals surface area contributed by atoms with Crippen molar-refractivity contribution in [3.8, 4) is 0 Å². The molecule has 22 heavy (non-hydrogen) atoms. The zero-order valence-corrected chi connectivity index (χ0v) is 14.7. The van der Waals surface area contributed by atoms with Crippen LogP contribution < -0.4 is 0 Å². The summed E-state index contributed by atoms with van der Waals surface area (Å²) in [5.74, 6) is -1.14. The largest absolute Gasteiger partial charge is 0.464 e. The van der Waals surface area contributed by atoms with Gasteiger partial charge in [0, 0.05) is 0 Å². The fourth-order valence-corrected chi connectivity index (χ4v) is 1.12. The Kier molecular flexibility index (Phi) is 12.9. The van der Waals surface area contributed by atoms with E-state index in [4.69, 9.17) is 5.11 Å². The number of methoxy groups -OCH3 is 1. The molecule has 0 radical (unpaired) electrons. The Morgan fingerprint density at radius 2 is 1.41 bits per heavy atom. The number of carbonyl (C=O) groups excluding carboxylic acids is 1. The first-order valence-electron chi connectivity index (χ1n) is 7.49. The molecule has 2 atom stereocenters. The van der Waals surface area contributed by atoms with Gasteiger partial charge in [-0.25, -0.2) is 9.18 Å². The van der Waals surface area contributed by atoms with Gasteiger partial charge in [-0.3, -0.25) is 0 Å². The lowest BCUT2D eigenvalue weighted by Crippen LogP contribution is -2.05. The molecule has 0 aromatic rings. The van der Waals surface area contributed by atoms with Gasteiger partial charge in [0.25, 0.3) is 0 Å². The summed E-state index contributed by atoms with van der Waals surface area (Å²) >= 11 is 0. The Balaban J connectivity index is 0. The van der Waals surface area contributed by atoms with Crippen LogP contribution in [0.25, 0.3) is 0 Å². The molecule has 0 aromatic heterocycles. The predicted octanol–water partition coefficient (Wildman–Crippen LogP) is 4.43. The molecule has 0 saturated carbocycles. The van der Waals surface area contributed by atoms with E-state index in [1.54, 1.807) is 0 Å². The van der Waals surface area contributed by atoms with Crippen LogP contribution in [-0.4, -0.2) is 24.8 Å². The van der Waals surface area contributed by atoms with E-state index < -0.39 is 24.2 Å². The molecule has 0 aliphatic carbocycles. The highest BCUT2D eigenvalue weighted by Crippen LogP contribution is 2.15. The van der Waals surface area contributed by atoms with Crippen molar-refractivity contribution in [2.45, 2.75) is 41.5 Å². The number of halogens is 2. The molecule has 0 amide bonds. The minimum Gasteiger partial charge on any atom is -0.464 e. The Labute approximate surface area is 133 Å². The lowest BCUT2D eigenvalue weighted by Gasteiger charge is -2.09. The number of rotatable bonds is 6. The van der Waals surface area contributed by atoms with Crippen LogP contribution in [0.3, 0.4) is 0 Å². The summed E-state index contributed by atoms with van der Waals surface area (Å²) in [4.78, 5) is 10.6. The number of aliphatic hydroxyl groups excluding tert-OH is 1. The van der Waals surface area contributed by atoms with Gasteiger partial charge in [-0.1, -0.05) is 41.5 Å². The highest BCUT2D eigenvalue weighted by atomic mass is 19.1. The number of hydrogen-bond acceptors (Lipinski definition) is 3. The Hall–Kier alpha value is -1.23. The van der Waals surface area contributed by atoms with E-state index in [-0.39, 0.29) is 11.8 Å². The summed E-state index contributed by atoms with van der Waals surface area (Å²) in [6.07, 6.45) is 2.75. The maximum Gasteiger partial charge on any atom is 0.366 e. The number of allylic oxidation sites excluding steroid dienone is 2. The summed E-state index contributed by atoms with van der Waals surface area (Å²) in [5.41, 5.74) is 0. The van der Waals surface area contributed by atoms with Crippen LogP contribution in [0.15, 0.2) is 23.8 Å². The molecule has 1 N–H and O–H groups in total. The number of hydrogen-bond donors (Lipinski definition) is 1. The van der Waals surface area contributed by atoms with Gasteiger partial charge in [0.2, 0.25) is 5.83 Å². The minimum atomic E-state index is -0.900. The van der Waals surface area contributed by atoms with Crippen molar-refractivity contribution in [2.75, 3.05) is 13.7 Å². The standard InChI is InChI=1S/C9H15FO2.C8H15FO/c1-6(2)7(3)5-8(10)9(11)12-4;1-6(2)7(3)4-8(9)5-10/h5-7H,1-4H3;4,6-7,10H,5H2,1-3H3/b8-5+;8-4+/t2*7-/m11/s1. The van der Waals surface area contributed by atoms with Crippen molar-refractivity contribution in [1.29, 1.82) is 0 Å². The zero-order valence-electron chi connectivity index (χ0n) is 14.7. The van der Waals surface area contributed by atoms with Gasteiger partial charge >= 0.3 is 5.97 Å². The summed E-state index contributed by atoms with van der Waals surface area (Å²) in [6, 6.07) is 0. The number of esters is 1. The van der Waals surface area contributed by atoms with E-state index in [0.717, 1.165) is 7.11 Å². The quantitative estimate of drug-likeness (QED) is 0.582. The Bertz CT molecular complexity index is 374. The second kappa shape index (κ2) is 12.3. The van der Waals surface area contributed by atoms with E-state index in [1.807, 2.05) is 41.5 Å². The monoisotopic (exact) mass is 320 g/mol. The van der Waals surface area contributed by atoms with E-state index in [0.29, 0.717) is 11.8 Å². The van der Waals surface area contributed by atoms with Crippen LogP contribution in [0.1, 0.15) is 41.5 Å². The fourth-order valence-electron chi connectivity index (χ4n) is 1.12. The molecule has 5 heteroatoms. The summed E-state index contributed by atoms with van der Waals surface area (Å²) < 4.78 is 29.4. The van der Waals surface area contributed by atoms with E-state index in [9.17, 15) is 13.6 Å². The maximum absolute atomic E-state index is 12.8. The minimum absolute atomic E-state index is 0.0455. The second-order valence-electron chi connectivity index (χ2n) is 5.98. The van der Waals surface area contributed by atoms with Crippen molar-refractivity contribution in [2.24, 2.45) is 23.7 Å². The van der Waals surface area contributed by atoms with Gasteiger partial charge in [-0.15, -0.1) is 0 Å². The van der Waals surface area contributed by atoms with Gasteiger partial charge in [0.1, 0.15) is 5.83 Å². The van der Waals surface area contributed by atoms with Gasteiger partial charge < -0.3 is 9.84 Å². The molecule has 0 saturated heterocycles. The van der Waals surface area contributed by atoms with E-state index >= 15 is 0 Å². The molecule has 0 rings (SSSR count). The molecule has 0 unspecified atom stereocenters. The molecule has 0 aliphatic rings. The molecular formula is C17H30F2O3. The van der Waals surface area contributed by atoms with Crippen LogP contribution in [0, 0.1) is 23.7 Å². The van der Waals surface area contributed by atoms with Crippen LogP contribution in [0.2, 0.25) is 0 Å². The lowest BCUT2D eigenvalue weighted by molar-refractivity contribution is -0.137. The zero-order chi connectivity index (χ0) is 17.9. The molecular weight excluding hydrogens is 290 g/mol. The van der Waals surface area contributed by atoms with Gasteiger partial charge in [-0.2, -0.15) is 4.39 Å². The molecule has 0 aliphatic heterocycles. The Morgan fingerprint density at radius 1 is 1.00 bits per heavy atom. The third-order valence-corrected chi connectivity index (χ3v) is 3.49. The van der Waals surface area contributed by atoms with Crippen LogP contribution in [-0.2, 0) is 9.53 Å². The first kappa shape index (κ1) is 23.0. The molecule has 3 nitrogen and oxygen atoms in total. The topological polar surface area (TPSA) is 46.5 Å². The van der Waals surface area contributed by atoms with Crippen molar-refractivity contribution in [3.05, 3.63) is 23.8 Å². The average molecular weight is 320 g/mol. The molecule has 0 spiro atoms. The summed E-state index contributed by atoms with van der Waals surface area (Å²) in [5, 5.41) is 8.32. The molecule has 0 aromatic carbocycles. The van der Waals surface area contributed by atoms with Crippen molar-refractivity contribution >= 4 is 5.97 Å². The van der Waals surface area contributed by atoms with Crippen molar-refractivity contribution in [3.63, 3.8) is 0 Å². The van der Waals surface area contributed by atoms with Crippen LogP contribution in [0.5, 0.6) is 0 Å². The van der Waals surface area contributed by atoms with Gasteiger partial charge in [0.15, 0.2) is 0 Å². The van der Waals surface area contributed by atoms with Crippen LogP contribution in [0.4, 0.5) is 8.78 Å². The smallest absolute Gasteiger partial charge is 0.366 e. The lowest BCUT2D eigenvalue weighted by atomic mass is 9.97. The SMILES string of the molecule is CC(C)[C@H](C)/C=C(/F)CO.COC(=O)/C(F)=C\[C@@H](C)C(C)C. The highest BCUT2D eigenvalue weighted by molar-refractivity contribution is 5.85. The second-order valence-corrected chi connectivity index (χ2v) is 5.98. The average Bonchev–Trinajstić information content (AvgIpc) is 2.46. The third kappa shape index (κ3) is 11.4. The van der Waals surface area contributed by atoms with Gasteiger partial charge in [0.05, 0.1) is 13.7 Å². The first-order valence-corrected chi connectivity index (χ1v) is 7.49. The number of ether oxygens (including phenoxy) is 1. The molecule has 0 bridgehead atoms. The van der Waals surface area contributed by atoms with Crippen LogP contribution >= 0.6 is 0 Å². The number of aliphatic hydroxyl groups is 1. The molecule has 0 fully saturated rings. The molecule has 130 valence electrons. The summed E-state index contributed by atoms with van der Waals surface area (Å²) in [7, 11) is 1.16. The summed E-state index contributed by atoms with van der Waals surface area (Å²) in [6.45, 7) is 11.3. The molecule has 0 heterocycles. The first-order chi connectivity index (χ1) is 10.1.